The third-order valence-electron chi connectivity index (χ3n) is 2.29. The Balaban J connectivity index is 2.73. The summed E-state index contributed by atoms with van der Waals surface area (Å²) in [7, 11) is 0. The highest BCUT2D eigenvalue weighted by molar-refractivity contribution is 6.32. The molecule has 1 rings (SSSR count). The fourth-order valence-electron chi connectivity index (χ4n) is 1.47. The SMILES string of the molecule is CCNCC(O)c1ccc(OC(C)C)c(Cl)c1. The maximum Gasteiger partial charge on any atom is 0.138 e. The maximum atomic E-state index is 9.89. The summed E-state index contributed by atoms with van der Waals surface area (Å²) in [5.74, 6) is 0.654. The Labute approximate surface area is 108 Å². The van der Waals surface area contributed by atoms with Gasteiger partial charge >= 0.3 is 0 Å². The summed E-state index contributed by atoms with van der Waals surface area (Å²) in [5, 5.41) is 13.5. The zero-order valence-corrected chi connectivity index (χ0v) is 11.3. The summed E-state index contributed by atoms with van der Waals surface area (Å²) in [4.78, 5) is 0. The third kappa shape index (κ3) is 4.54. The van der Waals surface area contributed by atoms with Crippen LogP contribution in [0.2, 0.25) is 5.02 Å². The Bertz CT molecular complexity index is 355. The van der Waals surface area contributed by atoms with E-state index in [4.69, 9.17) is 16.3 Å². The summed E-state index contributed by atoms with van der Waals surface area (Å²) in [5.41, 5.74) is 0.798. The lowest BCUT2D eigenvalue weighted by Crippen LogP contribution is -2.20. The highest BCUT2D eigenvalue weighted by Crippen LogP contribution is 2.28. The molecule has 0 heterocycles. The molecule has 0 aliphatic rings. The van der Waals surface area contributed by atoms with Crippen LogP contribution in [0.25, 0.3) is 0 Å². The first kappa shape index (κ1) is 14.3. The molecule has 0 saturated carbocycles. The molecule has 0 spiro atoms. The number of nitrogens with one attached hydrogen (secondary N) is 1. The highest BCUT2D eigenvalue weighted by atomic mass is 35.5. The van der Waals surface area contributed by atoms with Crippen molar-refractivity contribution in [1.82, 2.24) is 5.32 Å². The van der Waals surface area contributed by atoms with Gasteiger partial charge in [0.25, 0.3) is 0 Å². The summed E-state index contributed by atoms with van der Waals surface area (Å²) < 4.78 is 5.53. The summed E-state index contributed by atoms with van der Waals surface area (Å²) >= 11 is 6.10. The molecule has 0 bridgehead atoms. The van der Waals surface area contributed by atoms with E-state index in [1.54, 1.807) is 12.1 Å². The van der Waals surface area contributed by atoms with Crippen LogP contribution in [0.3, 0.4) is 0 Å². The predicted octanol–water partition coefficient (Wildman–Crippen LogP) is 2.77. The van der Waals surface area contributed by atoms with Crippen LogP contribution in [-0.2, 0) is 0 Å². The molecule has 0 aliphatic carbocycles. The van der Waals surface area contributed by atoms with Crippen molar-refractivity contribution in [2.45, 2.75) is 33.0 Å². The zero-order valence-electron chi connectivity index (χ0n) is 10.5. The van der Waals surface area contributed by atoms with Gasteiger partial charge < -0.3 is 15.2 Å². The molecule has 1 atom stereocenters. The quantitative estimate of drug-likeness (QED) is 0.824. The molecule has 1 unspecified atom stereocenters. The molecule has 3 nitrogen and oxygen atoms in total. The van der Waals surface area contributed by atoms with Gasteiger partial charge in [-0.1, -0.05) is 24.6 Å². The van der Waals surface area contributed by atoms with Gasteiger partial charge in [-0.15, -0.1) is 0 Å². The van der Waals surface area contributed by atoms with Gasteiger partial charge in [0.05, 0.1) is 17.2 Å². The summed E-state index contributed by atoms with van der Waals surface area (Å²) in [6.45, 7) is 7.25. The Morgan fingerprint density at radius 1 is 1.41 bits per heavy atom. The first-order valence-electron chi connectivity index (χ1n) is 5.89. The molecule has 1 aromatic rings. The second kappa shape index (κ2) is 6.84. The van der Waals surface area contributed by atoms with Crippen molar-refractivity contribution in [2.24, 2.45) is 0 Å². The topological polar surface area (TPSA) is 41.5 Å². The second-order valence-corrected chi connectivity index (χ2v) is 4.59. The Hall–Kier alpha value is -0.770. The minimum absolute atomic E-state index is 0.0880. The number of ether oxygens (including phenoxy) is 1. The van der Waals surface area contributed by atoms with Gasteiger partial charge in [-0.3, -0.25) is 0 Å². The van der Waals surface area contributed by atoms with E-state index >= 15 is 0 Å². The van der Waals surface area contributed by atoms with E-state index in [0.29, 0.717) is 17.3 Å². The molecule has 0 radical (unpaired) electrons. The smallest absolute Gasteiger partial charge is 0.138 e. The summed E-state index contributed by atoms with van der Waals surface area (Å²) in [6, 6.07) is 5.39. The molecule has 17 heavy (non-hydrogen) atoms. The number of hydrogen-bond acceptors (Lipinski definition) is 3. The number of hydrogen-bond donors (Lipinski definition) is 2. The average Bonchev–Trinajstić information content (AvgIpc) is 2.28. The van der Waals surface area contributed by atoms with E-state index in [2.05, 4.69) is 5.32 Å². The van der Waals surface area contributed by atoms with E-state index in [1.165, 1.54) is 0 Å². The molecule has 0 fully saturated rings. The number of aliphatic hydroxyl groups is 1. The van der Waals surface area contributed by atoms with Crippen LogP contribution < -0.4 is 10.1 Å². The lowest BCUT2D eigenvalue weighted by Gasteiger charge is -2.15. The molecule has 2 N–H and O–H groups in total. The van der Waals surface area contributed by atoms with Crippen LogP contribution in [0.15, 0.2) is 18.2 Å². The number of likely N-dealkylation sites (N-methyl/N-ethyl adjacent to an activating group) is 1. The Morgan fingerprint density at radius 3 is 2.65 bits per heavy atom. The first-order valence-corrected chi connectivity index (χ1v) is 6.27. The van der Waals surface area contributed by atoms with E-state index in [1.807, 2.05) is 26.8 Å². The number of benzene rings is 1. The highest BCUT2D eigenvalue weighted by Gasteiger charge is 2.10. The lowest BCUT2D eigenvalue weighted by molar-refractivity contribution is 0.175. The van der Waals surface area contributed by atoms with E-state index in [9.17, 15) is 5.11 Å². The second-order valence-electron chi connectivity index (χ2n) is 4.18. The van der Waals surface area contributed by atoms with Gasteiger partial charge in [-0.25, -0.2) is 0 Å². The van der Waals surface area contributed by atoms with E-state index in [0.717, 1.165) is 12.1 Å². The molecule has 0 aromatic heterocycles. The van der Waals surface area contributed by atoms with E-state index in [-0.39, 0.29) is 6.10 Å². The van der Waals surface area contributed by atoms with Gasteiger partial charge in [0.15, 0.2) is 0 Å². The summed E-state index contributed by atoms with van der Waals surface area (Å²) in [6.07, 6.45) is -0.453. The first-order chi connectivity index (χ1) is 8.04. The molecule has 4 heteroatoms. The maximum absolute atomic E-state index is 9.89. The minimum Gasteiger partial charge on any atom is -0.489 e. The van der Waals surface area contributed by atoms with Crippen molar-refractivity contribution in [3.05, 3.63) is 28.8 Å². The molecule has 0 saturated heterocycles. The molecule has 96 valence electrons. The standard InChI is InChI=1S/C13H20ClNO2/c1-4-15-8-12(16)10-5-6-13(11(14)7-10)17-9(2)3/h5-7,9,12,15-16H,4,8H2,1-3H3. The van der Waals surface area contributed by atoms with Gasteiger partial charge in [0.2, 0.25) is 0 Å². The van der Waals surface area contributed by atoms with Crippen LogP contribution in [0.4, 0.5) is 0 Å². The van der Waals surface area contributed by atoms with Crippen LogP contribution in [-0.4, -0.2) is 24.3 Å². The Kier molecular flexibility index (Phi) is 5.75. The lowest BCUT2D eigenvalue weighted by atomic mass is 10.1. The minimum atomic E-state index is -0.541. The van der Waals surface area contributed by atoms with Gasteiger partial charge in [-0.2, -0.15) is 0 Å². The van der Waals surface area contributed by atoms with Crippen molar-refractivity contribution in [2.75, 3.05) is 13.1 Å². The zero-order chi connectivity index (χ0) is 12.8. The fourth-order valence-corrected chi connectivity index (χ4v) is 1.71. The Morgan fingerprint density at radius 2 is 2.12 bits per heavy atom. The van der Waals surface area contributed by atoms with Crippen molar-refractivity contribution in [3.63, 3.8) is 0 Å². The molecule has 0 amide bonds. The monoisotopic (exact) mass is 257 g/mol. The molecule has 1 aromatic carbocycles. The number of halogens is 1. The largest absolute Gasteiger partial charge is 0.489 e. The normalized spacial score (nSPS) is 12.8. The van der Waals surface area contributed by atoms with Gasteiger partial charge in [-0.05, 0) is 38.1 Å². The molecular formula is C13H20ClNO2. The van der Waals surface area contributed by atoms with Crippen molar-refractivity contribution in [1.29, 1.82) is 0 Å². The molecule has 0 aliphatic heterocycles. The van der Waals surface area contributed by atoms with Crippen LogP contribution in [0.5, 0.6) is 5.75 Å². The van der Waals surface area contributed by atoms with Crippen LogP contribution >= 0.6 is 11.6 Å². The molecular weight excluding hydrogens is 238 g/mol. The van der Waals surface area contributed by atoms with Gasteiger partial charge in [0, 0.05) is 6.54 Å². The van der Waals surface area contributed by atoms with Crippen LogP contribution in [0, 0.1) is 0 Å². The predicted molar refractivity (Wildman–Crippen MR) is 70.7 cm³/mol. The average molecular weight is 258 g/mol. The van der Waals surface area contributed by atoms with Gasteiger partial charge in [0.1, 0.15) is 5.75 Å². The number of rotatable bonds is 6. The van der Waals surface area contributed by atoms with Crippen molar-refractivity contribution >= 4 is 11.6 Å². The fraction of sp³-hybridized carbons (Fsp3) is 0.538. The number of aliphatic hydroxyl groups excluding tert-OH is 1. The third-order valence-corrected chi connectivity index (χ3v) is 2.59. The van der Waals surface area contributed by atoms with Crippen molar-refractivity contribution < 1.29 is 9.84 Å². The van der Waals surface area contributed by atoms with Crippen molar-refractivity contribution in [3.8, 4) is 5.75 Å². The van der Waals surface area contributed by atoms with E-state index < -0.39 is 6.10 Å². The van der Waals surface area contributed by atoms with Crippen LogP contribution in [0.1, 0.15) is 32.4 Å².